The molecule has 0 bridgehead atoms. The summed E-state index contributed by atoms with van der Waals surface area (Å²) in [5.41, 5.74) is 4.82. The molecular weight excluding hydrogens is 404 g/mol. The molecule has 2 aliphatic rings. The van der Waals surface area contributed by atoms with E-state index in [1.807, 2.05) is 13.8 Å². The molecule has 1 aromatic rings. The first kappa shape index (κ1) is 29.8. The highest BCUT2D eigenvalue weighted by atomic mass is 16.3. The van der Waals surface area contributed by atoms with Gasteiger partial charge in [0.25, 0.3) is 0 Å². The fraction of sp³-hybridized carbons (Fsp3) is 0.742. The van der Waals surface area contributed by atoms with Crippen LogP contribution in [0.1, 0.15) is 130 Å². The van der Waals surface area contributed by atoms with Gasteiger partial charge in [-0.3, -0.25) is 0 Å². The standard InChI is InChI=1S/C28H44O2.C2H6.CH4/c1-18(2)23-15-21(6)25(17-26(23)29)27(7)12-8-9-20(5)24(27)16-22-10-13-28(30,14-11-22)19(3)4;1-2;/h10,15,17-20,24,29-30H,8-9,11-14,16H2,1-7H3;1-2H3;1H4. The van der Waals surface area contributed by atoms with E-state index in [1.54, 1.807) is 0 Å². The first-order valence-corrected chi connectivity index (χ1v) is 13.2. The van der Waals surface area contributed by atoms with Crippen molar-refractivity contribution in [1.29, 1.82) is 0 Å². The Bertz CT molecular complexity index is 790. The number of rotatable bonds is 5. The molecule has 1 saturated carbocycles. The predicted molar refractivity (Wildman–Crippen MR) is 145 cm³/mol. The Kier molecular flexibility index (Phi) is 10.7. The second kappa shape index (κ2) is 11.9. The van der Waals surface area contributed by atoms with Crippen LogP contribution >= 0.6 is 0 Å². The average molecular weight is 459 g/mol. The molecule has 1 aromatic carbocycles. The number of aromatic hydroxyl groups is 1. The van der Waals surface area contributed by atoms with Crippen LogP contribution in [0.5, 0.6) is 5.75 Å². The van der Waals surface area contributed by atoms with Crippen LogP contribution in [0.3, 0.4) is 0 Å². The van der Waals surface area contributed by atoms with E-state index in [9.17, 15) is 10.2 Å². The summed E-state index contributed by atoms with van der Waals surface area (Å²) in [5.74, 6) is 2.34. The SMILES string of the molecule is C.CC.Cc1cc(C(C)C)c(O)cc1C1(C)CCCC(C)C1CC1=CCC(O)(C(C)C)CC1. The third kappa shape index (κ3) is 6.24. The van der Waals surface area contributed by atoms with E-state index in [1.165, 1.54) is 36.0 Å². The third-order valence-electron chi connectivity index (χ3n) is 8.65. The minimum atomic E-state index is -0.528. The lowest BCUT2D eigenvalue weighted by Gasteiger charge is -2.47. The first-order chi connectivity index (χ1) is 15.0. The van der Waals surface area contributed by atoms with Crippen LogP contribution in [0.2, 0.25) is 0 Å². The van der Waals surface area contributed by atoms with Crippen molar-refractivity contribution in [3.8, 4) is 5.75 Å². The van der Waals surface area contributed by atoms with Crippen molar-refractivity contribution in [2.45, 2.75) is 132 Å². The third-order valence-corrected chi connectivity index (χ3v) is 8.65. The van der Waals surface area contributed by atoms with Gasteiger partial charge in [-0.15, -0.1) is 0 Å². The number of hydrogen-bond donors (Lipinski definition) is 2. The van der Waals surface area contributed by atoms with E-state index in [0.29, 0.717) is 29.4 Å². The zero-order chi connectivity index (χ0) is 24.3. The van der Waals surface area contributed by atoms with Crippen molar-refractivity contribution < 1.29 is 10.2 Å². The number of aryl methyl sites for hydroxylation is 1. The number of aliphatic hydroxyl groups is 1. The highest BCUT2D eigenvalue weighted by molar-refractivity contribution is 5.46. The van der Waals surface area contributed by atoms with Crippen molar-refractivity contribution in [2.75, 3.05) is 0 Å². The summed E-state index contributed by atoms with van der Waals surface area (Å²) in [6, 6.07) is 4.31. The quantitative estimate of drug-likeness (QED) is 0.432. The van der Waals surface area contributed by atoms with Gasteiger partial charge in [0, 0.05) is 0 Å². The molecule has 3 rings (SSSR count). The molecule has 2 heteroatoms. The van der Waals surface area contributed by atoms with E-state index in [0.717, 1.165) is 31.2 Å². The molecule has 4 unspecified atom stereocenters. The van der Waals surface area contributed by atoms with Gasteiger partial charge in [-0.1, -0.05) is 93.4 Å². The van der Waals surface area contributed by atoms with Gasteiger partial charge in [-0.25, -0.2) is 0 Å². The van der Waals surface area contributed by atoms with E-state index in [2.05, 4.69) is 66.7 Å². The van der Waals surface area contributed by atoms with Gasteiger partial charge >= 0.3 is 0 Å². The smallest absolute Gasteiger partial charge is 0.119 e. The van der Waals surface area contributed by atoms with E-state index < -0.39 is 5.60 Å². The van der Waals surface area contributed by atoms with Gasteiger partial charge in [-0.05, 0) is 90.9 Å². The fourth-order valence-electron chi connectivity index (χ4n) is 6.26. The normalized spacial score (nSPS) is 29.8. The van der Waals surface area contributed by atoms with Crippen LogP contribution in [0.15, 0.2) is 23.8 Å². The summed E-state index contributed by atoms with van der Waals surface area (Å²) >= 11 is 0. The van der Waals surface area contributed by atoms with E-state index >= 15 is 0 Å². The van der Waals surface area contributed by atoms with Gasteiger partial charge in [-0.2, -0.15) is 0 Å². The van der Waals surface area contributed by atoms with Crippen LogP contribution in [0, 0.1) is 24.7 Å². The second-order valence-electron chi connectivity index (χ2n) is 11.3. The molecule has 0 saturated heterocycles. The van der Waals surface area contributed by atoms with Crippen molar-refractivity contribution in [1.82, 2.24) is 0 Å². The summed E-state index contributed by atoms with van der Waals surface area (Å²) in [6.07, 6.45) is 9.90. The molecule has 33 heavy (non-hydrogen) atoms. The second-order valence-corrected chi connectivity index (χ2v) is 11.3. The Balaban J connectivity index is 0.00000177. The molecule has 2 N–H and O–H groups in total. The Labute approximate surface area is 205 Å². The highest BCUT2D eigenvalue weighted by Gasteiger charge is 2.43. The van der Waals surface area contributed by atoms with Crippen LogP contribution in [-0.2, 0) is 5.41 Å². The Morgan fingerprint density at radius 1 is 1.09 bits per heavy atom. The average Bonchev–Trinajstić information content (AvgIpc) is 2.75. The Hall–Kier alpha value is -1.28. The molecule has 0 aliphatic heterocycles. The number of benzene rings is 1. The molecule has 2 aliphatic carbocycles. The van der Waals surface area contributed by atoms with Gasteiger partial charge in [0.2, 0.25) is 0 Å². The lowest BCUT2D eigenvalue weighted by molar-refractivity contribution is -0.0150. The number of hydrogen-bond acceptors (Lipinski definition) is 2. The molecule has 0 radical (unpaired) electrons. The summed E-state index contributed by atoms with van der Waals surface area (Å²) in [5, 5.41) is 21.6. The largest absolute Gasteiger partial charge is 0.508 e. The maximum absolute atomic E-state index is 10.9. The maximum atomic E-state index is 10.9. The molecule has 4 atom stereocenters. The zero-order valence-electron chi connectivity index (χ0n) is 22.4. The molecule has 0 heterocycles. The number of phenolic OH excluding ortho intramolecular Hbond substituents is 1. The topological polar surface area (TPSA) is 40.5 Å². The van der Waals surface area contributed by atoms with Crippen LogP contribution in [0.4, 0.5) is 0 Å². The van der Waals surface area contributed by atoms with E-state index in [-0.39, 0.29) is 12.8 Å². The zero-order valence-corrected chi connectivity index (χ0v) is 22.4. The van der Waals surface area contributed by atoms with Crippen LogP contribution in [-0.4, -0.2) is 15.8 Å². The summed E-state index contributed by atoms with van der Waals surface area (Å²) in [6.45, 7) is 19.7. The summed E-state index contributed by atoms with van der Waals surface area (Å²) in [4.78, 5) is 0. The molecule has 0 amide bonds. The highest BCUT2D eigenvalue weighted by Crippen LogP contribution is 2.51. The number of phenols is 1. The molecule has 2 nitrogen and oxygen atoms in total. The minimum absolute atomic E-state index is 0. The molecule has 0 spiro atoms. The van der Waals surface area contributed by atoms with Crippen molar-refractivity contribution in [2.24, 2.45) is 17.8 Å². The molecule has 190 valence electrons. The summed E-state index contributed by atoms with van der Waals surface area (Å²) < 4.78 is 0. The first-order valence-electron chi connectivity index (χ1n) is 13.2. The lowest BCUT2D eigenvalue weighted by atomic mass is 9.57. The van der Waals surface area contributed by atoms with Crippen molar-refractivity contribution in [3.63, 3.8) is 0 Å². The van der Waals surface area contributed by atoms with Crippen molar-refractivity contribution in [3.05, 3.63) is 40.5 Å². The maximum Gasteiger partial charge on any atom is 0.119 e. The summed E-state index contributed by atoms with van der Waals surface area (Å²) in [7, 11) is 0. The fourth-order valence-corrected chi connectivity index (χ4v) is 6.26. The predicted octanol–water partition coefficient (Wildman–Crippen LogP) is 9.07. The van der Waals surface area contributed by atoms with Crippen LogP contribution in [0.25, 0.3) is 0 Å². The lowest BCUT2D eigenvalue weighted by Crippen LogP contribution is -2.41. The number of allylic oxidation sites excluding steroid dienone is 1. The molecule has 0 aromatic heterocycles. The van der Waals surface area contributed by atoms with Crippen molar-refractivity contribution >= 4 is 0 Å². The Morgan fingerprint density at radius 3 is 2.24 bits per heavy atom. The van der Waals surface area contributed by atoms with E-state index in [4.69, 9.17) is 0 Å². The monoisotopic (exact) mass is 458 g/mol. The minimum Gasteiger partial charge on any atom is -0.508 e. The van der Waals surface area contributed by atoms with Gasteiger partial charge in [0.1, 0.15) is 5.75 Å². The van der Waals surface area contributed by atoms with Gasteiger partial charge in [0.15, 0.2) is 0 Å². The van der Waals surface area contributed by atoms with Gasteiger partial charge in [0.05, 0.1) is 5.60 Å². The van der Waals surface area contributed by atoms with Gasteiger partial charge < -0.3 is 10.2 Å². The van der Waals surface area contributed by atoms with Crippen LogP contribution < -0.4 is 0 Å². The molecule has 1 fully saturated rings. The molecular formula is C31H54O2. The Morgan fingerprint density at radius 2 is 1.73 bits per heavy atom.